The van der Waals surface area contributed by atoms with Gasteiger partial charge in [0.25, 0.3) is 0 Å². The summed E-state index contributed by atoms with van der Waals surface area (Å²) in [6.45, 7) is 13.8. The average Bonchev–Trinajstić information content (AvgIpc) is 2.71. The highest BCUT2D eigenvalue weighted by atomic mass is 16.6. The summed E-state index contributed by atoms with van der Waals surface area (Å²) < 4.78 is 11.0. The zero-order chi connectivity index (χ0) is 24.5. The van der Waals surface area contributed by atoms with Crippen molar-refractivity contribution in [1.29, 1.82) is 0 Å². The van der Waals surface area contributed by atoms with Crippen LogP contribution in [-0.4, -0.2) is 60.0 Å². The number of hydrogen-bond donors (Lipinski definition) is 2. The van der Waals surface area contributed by atoms with Gasteiger partial charge >= 0.3 is 12.2 Å². The van der Waals surface area contributed by atoms with Crippen LogP contribution in [0.5, 0.6) is 0 Å². The molecule has 2 amide bonds. The Morgan fingerprint density at radius 1 is 0.848 bits per heavy atom. The monoisotopic (exact) mass is 467 g/mol. The Kier molecular flexibility index (Phi) is 10.8. The summed E-state index contributed by atoms with van der Waals surface area (Å²) in [6, 6.07) is 0.842. The van der Waals surface area contributed by atoms with Crippen LogP contribution in [0.25, 0.3) is 0 Å². The van der Waals surface area contributed by atoms with Gasteiger partial charge in [-0.3, -0.25) is 0 Å². The van der Waals surface area contributed by atoms with E-state index in [-0.39, 0.29) is 12.2 Å². The van der Waals surface area contributed by atoms with Crippen molar-refractivity contribution >= 4 is 12.2 Å². The summed E-state index contributed by atoms with van der Waals surface area (Å²) in [6.07, 6.45) is 10.8. The number of carbonyl (C=O) groups is 2. The first-order chi connectivity index (χ1) is 15.4. The maximum atomic E-state index is 12.8. The molecule has 7 heteroatoms. The summed E-state index contributed by atoms with van der Waals surface area (Å²) in [5, 5.41) is 6.61. The summed E-state index contributed by atoms with van der Waals surface area (Å²) >= 11 is 0. The van der Waals surface area contributed by atoms with E-state index >= 15 is 0 Å². The van der Waals surface area contributed by atoms with Crippen LogP contribution in [0.2, 0.25) is 0 Å². The minimum atomic E-state index is -0.459. The number of nitrogens with one attached hydrogen (secondary N) is 2. The fourth-order valence-electron chi connectivity index (χ4n) is 4.80. The Balaban J connectivity index is 1.67. The van der Waals surface area contributed by atoms with Crippen molar-refractivity contribution in [2.75, 3.05) is 19.6 Å². The molecule has 2 rings (SSSR count). The zero-order valence-corrected chi connectivity index (χ0v) is 22.0. The molecule has 0 radical (unpaired) electrons. The smallest absolute Gasteiger partial charge is 0.410 e. The van der Waals surface area contributed by atoms with E-state index in [9.17, 15) is 9.59 Å². The van der Waals surface area contributed by atoms with Gasteiger partial charge in [-0.2, -0.15) is 0 Å². The summed E-state index contributed by atoms with van der Waals surface area (Å²) in [7, 11) is 0. The predicted molar refractivity (Wildman–Crippen MR) is 132 cm³/mol. The fourth-order valence-corrected chi connectivity index (χ4v) is 4.80. The summed E-state index contributed by atoms with van der Waals surface area (Å²) in [5.41, 5.74) is -0.916. The number of nitrogens with zero attached hydrogens (tertiary/aromatic N) is 1. The van der Waals surface area contributed by atoms with Crippen LogP contribution in [0.15, 0.2) is 0 Å². The van der Waals surface area contributed by atoms with Gasteiger partial charge in [0.1, 0.15) is 11.2 Å². The molecule has 0 aromatic heterocycles. The van der Waals surface area contributed by atoms with Crippen molar-refractivity contribution in [3.63, 3.8) is 0 Å². The van der Waals surface area contributed by atoms with Crippen molar-refractivity contribution in [2.45, 2.75) is 129 Å². The van der Waals surface area contributed by atoms with Gasteiger partial charge in [-0.05, 0) is 99.0 Å². The molecule has 2 aliphatic carbocycles. The van der Waals surface area contributed by atoms with Gasteiger partial charge in [0, 0.05) is 25.2 Å². The van der Waals surface area contributed by atoms with E-state index in [0.29, 0.717) is 24.5 Å². The van der Waals surface area contributed by atoms with Crippen LogP contribution in [0, 0.1) is 5.92 Å². The molecule has 192 valence electrons. The number of hydrogen-bond acceptors (Lipinski definition) is 5. The van der Waals surface area contributed by atoms with E-state index in [4.69, 9.17) is 9.47 Å². The highest BCUT2D eigenvalue weighted by Gasteiger charge is 2.29. The van der Waals surface area contributed by atoms with Crippen LogP contribution >= 0.6 is 0 Å². The van der Waals surface area contributed by atoms with Crippen molar-refractivity contribution in [2.24, 2.45) is 5.92 Å². The van der Waals surface area contributed by atoms with Crippen LogP contribution < -0.4 is 10.6 Å². The molecule has 0 aromatic carbocycles. The molecule has 0 aromatic rings. The molecule has 0 bridgehead atoms. The highest BCUT2D eigenvalue weighted by molar-refractivity contribution is 5.68. The van der Waals surface area contributed by atoms with Gasteiger partial charge in [-0.15, -0.1) is 0 Å². The second-order valence-corrected chi connectivity index (χ2v) is 11.9. The Hall–Kier alpha value is -1.50. The molecule has 0 aliphatic heterocycles. The lowest BCUT2D eigenvalue weighted by Gasteiger charge is -2.36. The maximum absolute atomic E-state index is 12.8. The van der Waals surface area contributed by atoms with Crippen molar-refractivity contribution in [3.05, 3.63) is 0 Å². The van der Waals surface area contributed by atoms with Gasteiger partial charge in [0.05, 0.1) is 0 Å². The Morgan fingerprint density at radius 3 is 2.03 bits per heavy atom. The number of ether oxygens (including phenoxy) is 2. The molecule has 7 nitrogen and oxygen atoms in total. The third kappa shape index (κ3) is 11.5. The minimum Gasteiger partial charge on any atom is -0.444 e. The first kappa shape index (κ1) is 27.7. The molecule has 0 saturated heterocycles. The minimum absolute atomic E-state index is 0.160. The third-order valence-electron chi connectivity index (χ3n) is 6.43. The molecule has 0 heterocycles. The van der Waals surface area contributed by atoms with Gasteiger partial charge < -0.3 is 25.0 Å². The zero-order valence-electron chi connectivity index (χ0n) is 22.0. The number of carbonyl (C=O) groups excluding carboxylic acids is 2. The van der Waals surface area contributed by atoms with Gasteiger partial charge in [-0.1, -0.05) is 19.3 Å². The topological polar surface area (TPSA) is 79.9 Å². The Morgan fingerprint density at radius 2 is 1.45 bits per heavy atom. The van der Waals surface area contributed by atoms with Crippen LogP contribution in [0.1, 0.15) is 106 Å². The van der Waals surface area contributed by atoms with Crippen molar-refractivity contribution in [3.8, 4) is 0 Å². The first-order valence-electron chi connectivity index (χ1n) is 13.1. The molecule has 0 spiro atoms. The molecule has 2 N–H and O–H groups in total. The Labute approximate surface area is 201 Å². The SMILES string of the molecule is CC(C)(C)OC(=O)NC[C@H]1CC[C@H](NCCCN(C(=O)OC(C)(C)C)C2CCCCC2)CC1. The first-order valence-corrected chi connectivity index (χ1v) is 13.1. The van der Waals surface area contributed by atoms with E-state index in [1.165, 1.54) is 19.3 Å². The standard InChI is InChI=1S/C26H49N3O4/c1-25(2,3)32-23(30)28-19-20-13-15-21(16-14-20)27-17-10-18-29(22-11-8-7-9-12-22)24(31)33-26(4,5)6/h20-22,27H,7-19H2,1-6H3,(H,28,30)/t20-,21-. The number of amides is 2. The summed E-state index contributed by atoms with van der Waals surface area (Å²) in [5.74, 6) is 0.518. The normalized spacial score (nSPS) is 22.5. The highest BCUT2D eigenvalue weighted by Crippen LogP contribution is 2.26. The average molecular weight is 468 g/mol. The van der Waals surface area contributed by atoms with E-state index in [0.717, 1.165) is 58.0 Å². The lowest BCUT2D eigenvalue weighted by Crippen LogP contribution is -2.45. The van der Waals surface area contributed by atoms with E-state index in [1.54, 1.807) is 0 Å². The lowest BCUT2D eigenvalue weighted by atomic mass is 9.86. The van der Waals surface area contributed by atoms with E-state index < -0.39 is 11.2 Å². The number of rotatable bonds is 8. The quantitative estimate of drug-likeness (QED) is 0.453. The third-order valence-corrected chi connectivity index (χ3v) is 6.43. The summed E-state index contributed by atoms with van der Waals surface area (Å²) in [4.78, 5) is 26.7. The largest absolute Gasteiger partial charge is 0.444 e. The molecule has 33 heavy (non-hydrogen) atoms. The van der Waals surface area contributed by atoms with E-state index in [2.05, 4.69) is 10.6 Å². The lowest BCUT2D eigenvalue weighted by molar-refractivity contribution is 0.0118. The van der Waals surface area contributed by atoms with Gasteiger partial charge in [-0.25, -0.2) is 9.59 Å². The molecular formula is C26H49N3O4. The maximum Gasteiger partial charge on any atom is 0.410 e. The second-order valence-electron chi connectivity index (χ2n) is 11.9. The predicted octanol–water partition coefficient (Wildman–Crippen LogP) is 5.62. The van der Waals surface area contributed by atoms with Crippen LogP contribution in [0.3, 0.4) is 0 Å². The van der Waals surface area contributed by atoms with Crippen molar-refractivity contribution in [1.82, 2.24) is 15.5 Å². The fraction of sp³-hybridized carbons (Fsp3) is 0.923. The van der Waals surface area contributed by atoms with Crippen LogP contribution in [-0.2, 0) is 9.47 Å². The van der Waals surface area contributed by atoms with Gasteiger partial charge in [0.2, 0.25) is 0 Å². The molecule has 2 aliphatic rings. The molecule has 0 unspecified atom stereocenters. The second kappa shape index (κ2) is 12.8. The molecule has 0 atom stereocenters. The van der Waals surface area contributed by atoms with E-state index in [1.807, 2.05) is 46.4 Å². The molecular weight excluding hydrogens is 418 g/mol. The molecule has 2 fully saturated rings. The van der Waals surface area contributed by atoms with Crippen molar-refractivity contribution < 1.29 is 19.1 Å². The van der Waals surface area contributed by atoms with Crippen LogP contribution in [0.4, 0.5) is 9.59 Å². The van der Waals surface area contributed by atoms with Gasteiger partial charge in [0.15, 0.2) is 0 Å². The number of alkyl carbamates (subject to hydrolysis) is 1. The molecule has 2 saturated carbocycles. The Bertz CT molecular complexity index is 598.